The van der Waals surface area contributed by atoms with E-state index in [9.17, 15) is 9.59 Å². The Balaban J connectivity index is 1.23. The van der Waals surface area contributed by atoms with Gasteiger partial charge < -0.3 is 9.47 Å². The summed E-state index contributed by atoms with van der Waals surface area (Å²) in [6.07, 6.45) is 6.11. The molecule has 5 atom stereocenters. The van der Waals surface area contributed by atoms with Crippen molar-refractivity contribution in [2.24, 2.45) is 16.2 Å². The molecular weight excluding hydrogens is 380 g/mol. The summed E-state index contributed by atoms with van der Waals surface area (Å²) in [5.41, 5.74) is -1.04. The molecule has 0 radical (unpaired) electrons. The molecule has 0 N–H and O–H groups in total. The molecular formula is C21H32O4S2. The van der Waals surface area contributed by atoms with Crippen LogP contribution in [0.15, 0.2) is 0 Å². The highest BCUT2D eigenvalue weighted by atomic mass is 32.2. The van der Waals surface area contributed by atoms with E-state index in [1.165, 1.54) is 6.42 Å². The van der Waals surface area contributed by atoms with Gasteiger partial charge in [-0.2, -0.15) is 23.5 Å². The number of hydrogen-bond acceptors (Lipinski definition) is 6. The van der Waals surface area contributed by atoms with Gasteiger partial charge in [0.05, 0.1) is 24.0 Å². The zero-order valence-corrected chi connectivity index (χ0v) is 18.5. The van der Waals surface area contributed by atoms with Gasteiger partial charge in [0.15, 0.2) is 0 Å². The van der Waals surface area contributed by atoms with Crippen molar-refractivity contribution in [2.45, 2.75) is 87.2 Å². The average Bonchev–Trinajstić information content (AvgIpc) is 3.35. The van der Waals surface area contributed by atoms with Gasteiger partial charge in [-0.05, 0) is 52.4 Å². The van der Waals surface area contributed by atoms with Crippen molar-refractivity contribution >= 4 is 35.5 Å². The molecule has 152 valence electrons. The van der Waals surface area contributed by atoms with E-state index in [2.05, 4.69) is 0 Å². The van der Waals surface area contributed by atoms with Gasteiger partial charge in [-0.15, -0.1) is 0 Å². The Bertz CT molecular complexity index is 587. The molecule has 3 heterocycles. The van der Waals surface area contributed by atoms with E-state index in [0.717, 1.165) is 37.4 Å². The molecule has 27 heavy (non-hydrogen) atoms. The SMILES string of the molecule is CC(C)(COC(=O)C1(C)CC2CC(C1)S2)COC(=O)C1(C)CCC2SC2C1. The van der Waals surface area contributed by atoms with Gasteiger partial charge in [0.1, 0.15) is 0 Å². The largest absolute Gasteiger partial charge is 0.465 e. The van der Waals surface area contributed by atoms with E-state index in [4.69, 9.17) is 9.47 Å². The lowest BCUT2D eigenvalue weighted by atomic mass is 9.74. The summed E-state index contributed by atoms with van der Waals surface area (Å²) in [6.45, 7) is 8.70. The number of esters is 2. The van der Waals surface area contributed by atoms with E-state index >= 15 is 0 Å². The van der Waals surface area contributed by atoms with E-state index in [1.54, 1.807) is 0 Å². The average molecular weight is 413 g/mol. The Hall–Kier alpha value is -0.360. The van der Waals surface area contributed by atoms with Gasteiger partial charge in [-0.25, -0.2) is 0 Å². The van der Waals surface area contributed by atoms with Crippen LogP contribution in [0.25, 0.3) is 0 Å². The zero-order valence-electron chi connectivity index (χ0n) is 16.9. The highest BCUT2D eigenvalue weighted by Gasteiger charge is 2.52. The fourth-order valence-corrected chi connectivity index (χ4v) is 7.90. The number of rotatable bonds is 6. The van der Waals surface area contributed by atoms with Gasteiger partial charge in [-0.3, -0.25) is 9.59 Å². The van der Waals surface area contributed by atoms with Crippen LogP contribution in [-0.2, 0) is 19.1 Å². The number of carbonyl (C=O) groups is 2. The van der Waals surface area contributed by atoms with Crippen LogP contribution >= 0.6 is 23.5 Å². The smallest absolute Gasteiger partial charge is 0.311 e. The molecule has 5 aliphatic rings. The summed E-state index contributed by atoms with van der Waals surface area (Å²) in [4.78, 5) is 25.3. The van der Waals surface area contributed by atoms with Crippen molar-refractivity contribution in [1.29, 1.82) is 0 Å². The molecule has 0 aromatic rings. The minimum atomic E-state index is -0.365. The number of thioether (sulfide) groups is 2. The van der Waals surface area contributed by atoms with Crippen LogP contribution in [0, 0.1) is 16.2 Å². The number of hydrogen-bond donors (Lipinski definition) is 0. The highest BCUT2D eigenvalue weighted by molar-refractivity contribution is 8.07. The highest BCUT2D eigenvalue weighted by Crippen LogP contribution is 2.57. The van der Waals surface area contributed by atoms with Gasteiger partial charge in [0.25, 0.3) is 0 Å². The van der Waals surface area contributed by atoms with Gasteiger partial charge >= 0.3 is 11.9 Å². The maximum atomic E-state index is 12.7. The Morgan fingerprint density at radius 2 is 1.48 bits per heavy atom. The molecule has 2 bridgehead atoms. The molecule has 0 amide bonds. The summed E-state index contributed by atoms with van der Waals surface area (Å²) in [5, 5.41) is 2.71. The molecule has 5 fully saturated rings. The zero-order chi connectivity index (χ0) is 19.4. The Kier molecular flexibility index (Phi) is 5.06. The van der Waals surface area contributed by atoms with Crippen molar-refractivity contribution in [2.75, 3.05) is 13.2 Å². The second kappa shape index (κ2) is 6.86. The van der Waals surface area contributed by atoms with Crippen LogP contribution in [0.3, 0.4) is 0 Å². The van der Waals surface area contributed by atoms with E-state index in [1.807, 2.05) is 51.2 Å². The lowest BCUT2D eigenvalue weighted by molar-refractivity contribution is -0.166. The maximum absolute atomic E-state index is 12.7. The van der Waals surface area contributed by atoms with Gasteiger partial charge in [0.2, 0.25) is 0 Å². The summed E-state index contributed by atoms with van der Waals surface area (Å²) in [5.74, 6) is -0.155. The minimum absolute atomic E-state index is 0.0760. The minimum Gasteiger partial charge on any atom is -0.465 e. The second-order valence-electron chi connectivity index (χ2n) is 10.4. The molecule has 0 aromatic carbocycles. The fourth-order valence-electron chi connectivity index (χ4n) is 4.79. The van der Waals surface area contributed by atoms with Crippen LogP contribution in [0.1, 0.15) is 66.2 Å². The fraction of sp³-hybridized carbons (Fsp3) is 0.905. The Morgan fingerprint density at radius 1 is 0.926 bits per heavy atom. The lowest BCUT2D eigenvalue weighted by Crippen LogP contribution is -2.47. The summed E-state index contributed by atoms with van der Waals surface area (Å²) < 4.78 is 11.4. The first-order valence-corrected chi connectivity index (χ1v) is 12.1. The second-order valence-corrected chi connectivity index (χ2v) is 13.5. The van der Waals surface area contributed by atoms with Crippen LogP contribution in [0.2, 0.25) is 0 Å². The third-order valence-corrected chi connectivity index (χ3v) is 9.69. The molecule has 0 spiro atoms. The van der Waals surface area contributed by atoms with Gasteiger partial charge in [-0.1, -0.05) is 13.8 Å². The predicted octanol–water partition coefficient (Wildman–Crippen LogP) is 4.45. The van der Waals surface area contributed by atoms with E-state index in [0.29, 0.717) is 29.0 Å². The number of carbonyl (C=O) groups excluding carboxylic acids is 2. The third-order valence-electron chi connectivity index (χ3n) is 6.76. The molecule has 5 rings (SSSR count). The first kappa shape index (κ1) is 19.9. The quantitative estimate of drug-likeness (QED) is 0.475. The van der Waals surface area contributed by atoms with Crippen LogP contribution in [0.4, 0.5) is 0 Å². The normalized spacial score (nSPS) is 42.5. The van der Waals surface area contributed by atoms with Gasteiger partial charge in [0, 0.05) is 26.4 Å². The van der Waals surface area contributed by atoms with Crippen molar-refractivity contribution in [3.05, 3.63) is 0 Å². The molecule has 0 aromatic heterocycles. The van der Waals surface area contributed by atoms with Crippen molar-refractivity contribution in [3.8, 4) is 0 Å². The van der Waals surface area contributed by atoms with Crippen LogP contribution in [-0.4, -0.2) is 46.2 Å². The molecule has 6 heteroatoms. The van der Waals surface area contributed by atoms with Crippen LogP contribution < -0.4 is 0 Å². The summed E-state index contributed by atoms with van der Waals surface area (Å²) in [7, 11) is 0. The number of fused-ring (bicyclic) bond motifs is 3. The molecule has 3 saturated heterocycles. The first-order chi connectivity index (χ1) is 12.6. The number of ether oxygens (including phenoxy) is 2. The van der Waals surface area contributed by atoms with Crippen molar-refractivity contribution < 1.29 is 19.1 Å². The molecule has 2 aliphatic carbocycles. The standard InChI is InChI=1S/C21H32O4S2/c1-19(2,11-24-17(22)20(3)6-5-15-16(10-20)27-15)12-25-18(23)21(4)8-13-7-14(9-21)26-13/h13-16H,5-12H2,1-4H3. The third kappa shape index (κ3) is 4.17. The predicted molar refractivity (Wildman–Crippen MR) is 110 cm³/mol. The monoisotopic (exact) mass is 412 g/mol. The lowest BCUT2D eigenvalue weighted by Gasteiger charge is -2.48. The summed E-state index contributed by atoms with van der Waals surface area (Å²) >= 11 is 4.02. The first-order valence-electron chi connectivity index (χ1n) is 10.2. The Morgan fingerprint density at radius 3 is 2.04 bits per heavy atom. The maximum Gasteiger partial charge on any atom is 0.311 e. The molecule has 4 nitrogen and oxygen atoms in total. The Labute approximate surface area is 171 Å². The van der Waals surface area contributed by atoms with Crippen LogP contribution in [0.5, 0.6) is 0 Å². The molecule has 3 aliphatic heterocycles. The van der Waals surface area contributed by atoms with E-state index < -0.39 is 0 Å². The van der Waals surface area contributed by atoms with Crippen molar-refractivity contribution in [1.82, 2.24) is 0 Å². The topological polar surface area (TPSA) is 52.6 Å². The molecule has 2 saturated carbocycles. The van der Waals surface area contributed by atoms with Crippen molar-refractivity contribution in [3.63, 3.8) is 0 Å². The van der Waals surface area contributed by atoms with E-state index in [-0.39, 0.29) is 28.2 Å². The summed E-state index contributed by atoms with van der Waals surface area (Å²) in [6, 6.07) is 0. The molecule has 5 unspecified atom stereocenters.